The summed E-state index contributed by atoms with van der Waals surface area (Å²) < 4.78 is 39.6. The molecule has 24 heavy (non-hydrogen) atoms. The fraction of sp³-hybridized carbons (Fsp3) is 0.545. The standard InChI is InChI=1S/C11H14N6O6S/c12-8-5-9(15-3-14-8)17(4-16-5)10-6-7(18)11(23-10,1-21-6)2-22-24(13,19)20/h3-4,6-7,10,18H,1-2H2,(H2,12,14,15)(H2,13,19,20)/t6-,7+,10-,11-/m1/s1. The number of aromatic nitrogens is 4. The molecule has 2 aromatic rings. The molecule has 2 aliphatic rings. The highest BCUT2D eigenvalue weighted by Gasteiger charge is 2.62. The lowest BCUT2D eigenvalue weighted by Gasteiger charge is -2.30. The number of rotatable bonds is 4. The van der Waals surface area contributed by atoms with Crippen LogP contribution in [-0.2, 0) is 24.0 Å². The lowest BCUT2D eigenvalue weighted by atomic mass is 10.0. The molecule has 5 N–H and O–H groups in total. The first-order valence-electron chi connectivity index (χ1n) is 6.88. The zero-order valence-corrected chi connectivity index (χ0v) is 13.0. The minimum Gasteiger partial charge on any atom is -0.387 e. The van der Waals surface area contributed by atoms with Gasteiger partial charge in [0.25, 0.3) is 0 Å². The normalized spacial score (nSPS) is 32.7. The van der Waals surface area contributed by atoms with Crippen LogP contribution in [0.25, 0.3) is 11.2 Å². The summed E-state index contributed by atoms with van der Waals surface area (Å²) in [5.41, 5.74) is 5.18. The molecule has 0 amide bonds. The first-order chi connectivity index (χ1) is 11.3. The van der Waals surface area contributed by atoms with Gasteiger partial charge >= 0.3 is 10.3 Å². The molecule has 2 aliphatic heterocycles. The summed E-state index contributed by atoms with van der Waals surface area (Å²) in [6.07, 6.45) is 0.0756. The number of imidazole rings is 1. The van der Waals surface area contributed by atoms with Gasteiger partial charge in [-0.05, 0) is 0 Å². The van der Waals surface area contributed by atoms with Crippen molar-refractivity contribution in [2.75, 3.05) is 18.9 Å². The summed E-state index contributed by atoms with van der Waals surface area (Å²) in [4.78, 5) is 12.1. The number of aliphatic hydroxyl groups excluding tert-OH is 1. The number of fused-ring (bicyclic) bond motifs is 3. The Kier molecular flexibility index (Phi) is 3.28. The predicted molar refractivity (Wildman–Crippen MR) is 77.4 cm³/mol. The van der Waals surface area contributed by atoms with Crippen molar-refractivity contribution in [1.29, 1.82) is 0 Å². The summed E-state index contributed by atoms with van der Waals surface area (Å²) in [6.45, 7) is -0.502. The van der Waals surface area contributed by atoms with Gasteiger partial charge in [0.2, 0.25) is 0 Å². The Morgan fingerprint density at radius 2 is 2.25 bits per heavy atom. The monoisotopic (exact) mass is 358 g/mol. The Morgan fingerprint density at radius 3 is 3.00 bits per heavy atom. The van der Waals surface area contributed by atoms with Crippen molar-refractivity contribution in [3.63, 3.8) is 0 Å². The lowest BCUT2D eigenvalue weighted by Crippen LogP contribution is -2.46. The molecule has 13 heteroatoms. The van der Waals surface area contributed by atoms with E-state index in [-0.39, 0.29) is 12.4 Å². The van der Waals surface area contributed by atoms with Crippen LogP contribution in [0.3, 0.4) is 0 Å². The number of nitrogens with zero attached hydrogens (tertiary/aromatic N) is 4. The Labute approximate surface area is 135 Å². The highest BCUT2D eigenvalue weighted by atomic mass is 32.2. The second-order valence-electron chi connectivity index (χ2n) is 5.63. The molecule has 2 fully saturated rings. The summed E-state index contributed by atoms with van der Waals surface area (Å²) in [5, 5.41) is 15.2. The van der Waals surface area contributed by atoms with Crippen LogP contribution in [0.2, 0.25) is 0 Å². The van der Waals surface area contributed by atoms with Crippen molar-refractivity contribution < 1.29 is 27.2 Å². The molecule has 0 unspecified atom stereocenters. The number of anilines is 1. The van der Waals surface area contributed by atoms with Crippen LogP contribution >= 0.6 is 0 Å². The van der Waals surface area contributed by atoms with Crippen molar-refractivity contribution in [2.24, 2.45) is 5.14 Å². The summed E-state index contributed by atoms with van der Waals surface area (Å²) in [6, 6.07) is 0. The number of aliphatic hydroxyl groups is 1. The molecule has 2 aromatic heterocycles. The van der Waals surface area contributed by atoms with Crippen molar-refractivity contribution in [3.05, 3.63) is 12.7 Å². The van der Waals surface area contributed by atoms with E-state index in [4.69, 9.17) is 20.3 Å². The first kappa shape index (κ1) is 15.6. The van der Waals surface area contributed by atoms with Gasteiger partial charge in [-0.15, -0.1) is 0 Å². The minimum atomic E-state index is -4.18. The van der Waals surface area contributed by atoms with E-state index in [0.717, 1.165) is 0 Å². The van der Waals surface area contributed by atoms with E-state index in [1.165, 1.54) is 12.7 Å². The van der Waals surface area contributed by atoms with Gasteiger partial charge in [-0.25, -0.2) is 20.1 Å². The molecule has 4 atom stereocenters. The van der Waals surface area contributed by atoms with E-state index >= 15 is 0 Å². The smallest absolute Gasteiger partial charge is 0.333 e. The second kappa shape index (κ2) is 5.05. The highest BCUT2D eigenvalue weighted by molar-refractivity contribution is 7.84. The van der Waals surface area contributed by atoms with Crippen molar-refractivity contribution in [1.82, 2.24) is 19.5 Å². The molecule has 130 valence electrons. The summed E-state index contributed by atoms with van der Waals surface area (Å²) >= 11 is 0. The Hall–Kier alpha value is -1.90. The maximum atomic E-state index is 11.0. The van der Waals surface area contributed by atoms with Crippen LogP contribution < -0.4 is 10.9 Å². The Balaban J connectivity index is 1.67. The molecule has 0 aliphatic carbocycles. The summed E-state index contributed by atoms with van der Waals surface area (Å²) in [7, 11) is -4.18. The largest absolute Gasteiger partial charge is 0.387 e. The molecular formula is C11H14N6O6S. The van der Waals surface area contributed by atoms with Gasteiger partial charge in [0, 0.05) is 0 Å². The van der Waals surface area contributed by atoms with Gasteiger partial charge < -0.3 is 20.3 Å². The van der Waals surface area contributed by atoms with E-state index < -0.39 is 40.9 Å². The van der Waals surface area contributed by atoms with E-state index in [2.05, 4.69) is 19.1 Å². The van der Waals surface area contributed by atoms with Crippen molar-refractivity contribution >= 4 is 27.3 Å². The van der Waals surface area contributed by atoms with Crippen LogP contribution in [0.4, 0.5) is 5.82 Å². The van der Waals surface area contributed by atoms with Crippen LogP contribution in [-0.4, -0.2) is 64.1 Å². The number of hydrogen-bond acceptors (Lipinski definition) is 10. The maximum Gasteiger partial charge on any atom is 0.333 e. The van der Waals surface area contributed by atoms with E-state index in [1.807, 2.05) is 0 Å². The SMILES string of the molecule is Nc1ncnc2c1ncn2[C@@H]1O[C@@]2(COS(N)(=O)=O)CO[C@@H]1[C@@H]2O. The Bertz CT molecular complexity index is 902. The average molecular weight is 358 g/mol. The predicted octanol–water partition coefficient (Wildman–Crippen LogP) is -2.34. The van der Waals surface area contributed by atoms with Gasteiger partial charge in [-0.3, -0.25) is 8.75 Å². The molecular weight excluding hydrogens is 344 g/mol. The number of ether oxygens (including phenoxy) is 2. The average Bonchev–Trinajstić information content (AvgIpc) is 3.16. The lowest BCUT2D eigenvalue weighted by molar-refractivity contribution is -0.182. The third kappa shape index (κ3) is 2.25. The molecule has 12 nitrogen and oxygen atoms in total. The topological polar surface area (TPSA) is 178 Å². The van der Waals surface area contributed by atoms with Crippen LogP contribution in [0.15, 0.2) is 12.7 Å². The molecule has 2 bridgehead atoms. The van der Waals surface area contributed by atoms with Crippen molar-refractivity contribution in [2.45, 2.75) is 24.0 Å². The molecule has 0 aromatic carbocycles. The zero-order valence-electron chi connectivity index (χ0n) is 12.1. The van der Waals surface area contributed by atoms with Gasteiger partial charge in [0.05, 0.1) is 12.9 Å². The number of hydrogen-bond donors (Lipinski definition) is 3. The van der Waals surface area contributed by atoms with E-state index in [9.17, 15) is 13.5 Å². The maximum absolute atomic E-state index is 11.0. The van der Waals surface area contributed by atoms with Crippen molar-refractivity contribution in [3.8, 4) is 0 Å². The third-order valence-corrected chi connectivity index (χ3v) is 4.58. The Morgan fingerprint density at radius 1 is 1.46 bits per heavy atom. The number of nitrogen functional groups attached to an aromatic ring is 1. The van der Waals surface area contributed by atoms with Crippen LogP contribution in [0.5, 0.6) is 0 Å². The first-order valence-corrected chi connectivity index (χ1v) is 8.35. The fourth-order valence-corrected chi connectivity index (χ4v) is 3.34. The molecule has 2 saturated heterocycles. The van der Waals surface area contributed by atoms with Crippen LogP contribution in [0.1, 0.15) is 6.23 Å². The van der Waals surface area contributed by atoms with E-state index in [1.54, 1.807) is 4.57 Å². The molecule has 0 spiro atoms. The molecule has 0 saturated carbocycles. The van der Waals surface area contributed by atoms with Gasteiger partial charge in [0.15, 0.2) is 17.7 Å². The molecule has 4 rings (SSSR count). The van der Waals surface area contributed by atoms with Gasteiger partial charge in [-0.1, -0.05) is 0 Å². The molecule has 0 radical (unpaired) electrons. The number of nitrogens with two attached hydrogens (primary N) is 2. The fourth-order valence-electron chi connectivity index (χ4n) is 2.98. The van der Waals surface area contributed by atoms with Gasteiger partial charge in [-0.2, -0.15) is 8.42 Å². The third-order valence-electron chi connectivity index (χ3n) is 4.14. The highest BCUT2D eigenvalue weighted by Crippen LogP contribution is 2.45. The quantitative estimate of drug-likeness (QED) is 0.536. The zero-order chi connectivity index (χ0) is 17.1. The molecule has 4 heterocycles. The van der Waals surface area contributed by atoms with Gasteiger partial charge in [0.1, 0.15) is 36.3 Å². The second-order valence-corrected chi connectivity index (χ2v) is 6.85. The van der Waals surface area contributed by atoms with E-state index in [0.29, 0.717) is 11.2 Å². The van der Waals surface area contributed by atoms with Crippen LogP contribution in [0, 0.1) is 0 Å². The minimum absolute atomic E-state index is 0.0331. The summed E-state index contributed by atoms with van der Waals surface area (Å²) in [5.74, 6) is 0.204.